The molecule has 1 unspecified atom stereocenters. The lowest BCUT2D eigenvalue weighted by molar-refractivity contribution is 0.159. The number of β-amino-alcohol motifs (C(OH)–C–C–N with tert-alkyl or cyclic N) is 1. The van der Waals surface area contributed by atoms with Gasteiger partial charge in [0.1, 0.15) is 5.75 Å². The van der Waals surface area contributed by atoms with E-state index in [2.05, 4.69) is 26.1 Å². The van der Waals surface area contributed by atoms with Crippen LogP contribution in [0.2, 0.25) is 0 Å². The Hall–Kier alpha value is -1.10. The second-order valence-corrected chi connectivity index (χ2v) is 5.18. The summed E-state index contributed by atoms with van der Waals surface area (Å²) in [5.74, 6) is 0.0512. The molecule has 0 amide bonds. The van der Waals surface area contributed by atoms with E-state index in [4.69, 9.17) is 5.11 Å². The SMILES string of the molecule is CCC(C)(C)NCC(O)c1ccc(O)c(CO)c1. The van der Waals surface area contributed by atoms with Crippen molar-refractivity contribution in [3.05, 3.63) is 29.3 Å². The monoisotopic (exact) mass is 253 g/mol. The van der Waals surface area contributed by atoms with Gasteiger partial charge in [0.05, 0.1) is 12.7 Å². The van der Waals surface area contributed by atoms with Crippen molar-refractivity contribution in [3.63, 3.8) is 0 Å². The summed E-state index contributed by atoms with van der Waals surface area (Å²) < 4.78 is 0. The quantitative estimate of drug-likeness (QED) is 0.622. The Balaban J connectivity index is 2.70. The van der Waals surface area contributed by atoms with Gasteiger partial charge in [-0.2, -0.15) is 0 Å². The van der Waals surface area contributed by atoms with Crippen LogP contribution in [0.3, 0.4) is 0 Å². The average molecular weight is 253 g/mol. The molecule has 0 saturated carbocycles. The molecular formula is C14H23NO3. The number of nitrogens with one attached hydrogen (secondary N) is 1. The van der Waals surface area contributed by atoms with E-state index in [1.54, 1.807) is 12.1 Å². The van der Waals surface area contributed by atoms with Gasteiger partial charge in [-0.1, -0.05) is 13.0 Å². The minimum absolute atomic E-state index is 0.0162. The van der Waals surface area contributed by atoms with Crippen molar-refractivity contribution < 1.29 is 15.3 Å². The molecule has 18 heavy (non-hydrogen) atoms. The topological polar surface area (TPSA) is 72.7 Å². The van der Waals surface area contributed by atoms with Crippen LogP contribution in [0.4, 0.5) is 0 Å². The highest BCUT2D eigenvalue weighted by Gasteiger charge is 2.17. The van der Waals surface area contributed by atoms with Gasteiger partial charge >= 0.3 is 0 Å². The first-order valence-corrected chi connectivity index (χ1v) is 6.25. The van der Waals surface area contributed by atoms with Crippen molar-refractivity contribution in [2.45, 2.75) is 45.4 Å². The molecule has 0 aliphatic heterocycles. The Morgan fingerprint density at radius 1 is 1.33 bits per heavy atom. The van der Waals surface area contributed by atoms with Gasteiger partial charge < -0.3 is 20.6 Å². The van der Waals surface area contributed by atoms with Crippen LogP contribution in [0.15, 0.2) is 18.2 Å². The van der Waals surface area contributed by atoms with E-state index in [0.717, 1.165) is 6.42 Å². The number of hydrogen-bond acceptors (Lipinski definition) is 4. The maximum absolute atomic E-state index is 10.1. The highest BCUT2D eigenvalue weighted by Crippen LogP contribution is 2.22. The van der Waals surface area contributed by atoms with Crippen LogP contribution in [0.25, 0.3) is 0 Å². The number of aromatic hydroxyl groups is 1. The van der Waals surface area contributed by atoms with Crippen LogP contribution in [0, 0.1) is 0 Å². The van der Waals surface area contributed by atoms with Gasteiger partial charge in [0.2, 0.25) is 0 Å². The first-order valence-electron chi connectivity index (χ1n) is 6.25. The highest BCUT2D eigenvalue weighted by molar-refractivity contribution is 5.36. The zero-order valence-electron chi connectivity index (χ0n) is 11.3. The molecule has 0 bridgehead atoms. The van der Waals surface area contributed by atoms with Crippen LogP contribution in [0.5, 0.6) is 5.75 Å². The van der Waals surface area contributed by atoms with E-state index >= 15 is 0 Å². The van der Waals surface area contributed by atoms with Crippen molar-refractivity contribution >= 4 is 0 Å². The van der Waals surface area contributed by atoms with E-state index in [-0.39, 0.29) is 17.9 Å². The molecule has 0 aliphatic carbocycles. The van der Waals surface area contributed by atoms with E-state index in [1.807, 2.05) is 0 Å². The molecule has 0 saturated heterocycles. The lowest BCUT2D eigenvalue weighted by Crippen LogP contribution is -2.40. The predicted octanol–water partition coefficient (Wildman–Crippen LogP) is 1.70. The van der Waals surface area contributed by atoms with Crippen molar-refractivity contribution in [2.24, 2.45) is 0 Å². The Bertz CT molecular complexity index is 391. The fourth-order valence-electron chi connectivity index (χ4n) is 1.56. The molecule has 0 fully saturated rings. The summed E-state index contributed by atoms with van der Waals surface area (Å²) in [5.41, 5.74) is 1.11. The van der Waals surface area contributed by atoms with E-state index < -0.39 is 6.10 Å². The fraction of sp³-hybridized carbons (Fsp3) is 0.571. The van der Waals surface area contributed by atoms with Crippen LogP contribution in [-0.2, 0) is 6.61 Å². The van der Waals surface area contributed by atoms with Gasteiger partial charge in [0, 0.05) is 17.6 Å². The number of aliphatic hydroxyl groups excluding tert-OH is 2. The number of aliphatic hydroxyl groups is 2. The third-order valence-electron chi connectivity index (χ3n) is 3.32. The Morgan fingerprint density at radius 2 is 2.00 bits per heavy atom. The number of rotatable bonds is 6. The predicted molar refractivity (Wildman–Crippen MR) is 71.4 cm³/mol. The molecule has 4 N–H and O–H groups in total. The molecule has 1 atom stereocenters. The second kappa shape index (κ2) is 6.18. The molecule has 0 spiro atoms. The van der Waals surface area contributed by atoms with E-state index in [1.165, 1.54) is 6.07 Å². The maximum Gasteiger partial charge on any atom is 0.121 e. The molecule has 1 aromatic carbocycles. The first kappa shape index (κ1) is 15.0. The summed E-state index contributed by atoms with van der Waals surface area (Å²) in [6.45, 7) is 6.45. The minimum atomic E-state index is -0.651. The molecule has 4 nitrogen and oxygen atoms in total. The smallest absolute Gasteiger partial charge is 0.121 e. The van der Waals surface area contributed by atoms with Crippen LogP contribution < -0.4 is 5.32 Å². The molecule has 4 heteroatoms. The summed E-state index contributed by atoms with van der Waals surface area (Å²) >= 11 is 0. The standard InChI is InChI=1S/C14H23NO3/c1-4-14(2,3)15-8-13(18)10-5-6-12(17)11(7-10)9-16/h5-7,13,15-18H,4,8-9H2,1-3H3. The number of benzene rings is 1. The third-order valence-corrected chi connectivity index (χ3v) is 3.32. The number of hydrogen-bond donors (Lipinski definition) is 4. The lowest BCUT2D eigenvalue weighted by atomic mass is 10.0. The molecule has 0 aromatic heterocycles. The van der Waals surface area contributed by atoms with Crippen LogP contribution >= 0.6 is 0 Å². The van der Waals surface area contributed by atoms with Crippen molar-refractivity contribution in [2.75, 3.05) is 6.54 Å². The largest absolute Gasteiger partial charge is 0.508 e. The Morgan fingerprint density at radius 3 is 2.56 bits per heavy atom. The van der Waals surface area contributed by atoms with Crippen molar-refractivity contribution in [1.29, 1.82) is 0 Å². The summed E-state index contributed by atoms with van der Waals surface area (Å²) in [5, 5.41) is 31.9. The van der Waals surface area contributed by atoms with Gasteiger partial charge in [-0.05, 0) is 38.0 Å². The summed E-state index contributed by atoms with van der Waals surface area (Å²) in [6, 6.07) is 4.79. The maximum atomic E-state index is 10.1. The molecular weight excluding hydrogens is 230 g/mol. The first-order chi connectivity index (χ1) is 8.39. The second-order valence-electron chi connectivity index (χ2n) is 5.18. The van der Waals surface area contributed by atoms with Gasteiger partial charge in [0.25, 0.3) is 0 Å². The zero-order chi connectivity index (χ0) is 13.8. The van der Waals surface area contributed by atoms with Gasteiger partial charge in [-0.25, -0.2) is 0 Å². The fourth-order valence-corrected chi connectivity index (χ4v) is 1.56. The van der Waals surface area contributed by atoms with Gasteiger partial charge in [-0.3, -0.25) is 0 Å². The highest BCUT2D eigenvalue weighted by atomic mass is 16.3. The number of phenols is 1. The Labute approximate surface area is 108 Å². The minimum Gasteiger partial charge on any atom is -0.508 e. The van der Waals surface area contributed by atoms with E-state index in [9.17, 15) is 10.2 Å². The zero-order valence-corrected chi connectivity index (χ0v) is 11.3. The van der Waals surface area contributed by atoms with Gasteiger partial charge in [0.15, 0.2) is 0 Å². The van der Waals surface area contributed by atoms with Crippen molar-refractivity contribution in [3.8, 4) is 5.75 Å². The molecule has 1 aromatic rings. The van der Waals surface area contributed by atoms with Gasteiger partial charge in [-0.15, -0.1) is 0 Å². The van der Waals surface area contributed by atoms with Crippen LogP contribution in [0.1, 0.15) is 44.4 Å². The summed E-state index contributed by atoms with van der Waals surface area (Å²) in [7, 11) is 0. The molecule has 0 aliphatic rings. The van der Waals surface area contributed by atoms with Crippen molar-refractivity contribution in [1.82, 2.24) is 5.32 Å². The molecule has 1 rings (SSSR count). The van der Waals surface area contributed by atoms with Crippen LogP contribution in [-0.4, -0.2) is 27.4 Å². The average Bonchev–Trinajstić information content (AvgIpc) is 2.36. The lowest BCUT2D eigenvalue weighted by Gasteiger charge is -2.26. The van der Waals surface area contributed by atoms with E-state index in [0.29, 0.717) is 17.7 Å². The molecule has 0 radical (unpaired) electrons. The summed E-state index contributed by atoms with van der Waals surface area (Å²) in [4.78, 5) is 0. The Kier molecular flexibility index (Phi) is 5.14. The summed E-state index contributed by atoms with van der Waals surface area (Å²) in [6.07, 6.45) is 0.318. The molecule has 0 heterocycles. The normalized spacial score (nSPS) is 13.6. The third kappa shape index (κ3) is 3.98. The molecule has 102 valence electrons.